The lowest BCUT2D eigenvalue weighted by atomic mass is 9.88. The van der Waals surface area contributed by atoms with Crippen LogP contribution in [0.25, 0.3) is 10.8 Å². The predicted molar refractivity (Wildman–Crippen MR) is 112 cm³/mol. The Hall–Kier alpha value is -2.44. The Morgan fingerprint density at radius 3 is 2.10 bits per heavy atom. The molecule has 158 valence electrons. The standard InChI is InChI=1S/C23H30O6/c1-15-12-17(27-5)14-20-21(15)23(29-11-9-25-3)19-13-16(26-4)6-7-18(19)22(20)28-10-8-24-2/h6,12,14H,7-11,13H2,1-5H3. The van der Waals surface area contributed by atoms with Gasteiger partial charge in [0.15, 0.2) is 0 Å². The van der Waals surface area contributed by atoms with E-state index in [9.17, 15) is 0 Å². The maximum absolute atomic E-state index is 6.26. The van der Waals surface area contributed by atoms with Gasteiger partial charge in [-0.1, -0.05) is 0 Å². The highest BCUT2D eigenvalue weighted by atomic mass is 16.5. The van der Waals surface area contributed by atoms with E-state index in [4.69, 9.17) is 28.4 Å². The molecule has 0 N–H and O–H groups in total. The lowest BCUT2D eigenvalue weighted by Gasteiger charge is -2.26. The summed E-state index contributed by atoms with van der Waals surface area (Å²) in [4.78, 5) is 0. The molecule has 0 spiro atoms. The van der Waals surface area contributed by atoms with Crippen LogP contribution in [-0.4, -0.2) is 54.9 Å². The van der Waals surface area contributed by atoms with E-state index in [1.54, 1.807) is 28.4 Å². The molecule has 0 amide bonds. The minimum atomic E-state index is 0.471. The fourth-order valence-corrected chi connectivity index (χ4v) is 3.74. The summed E-state index contributed by atoms with van der Waals surface area (Å²) in [5.41, 5.74) is 3.29. The molecular formula is C23H30O6. The van der Waals surface area contributed by atoms with E-state index < -0.39 is 0 Å². The van der Waals surface area contributed by atoms with Gasteiger partial charge >= 0.3 is 0 Å². The Morgan fingerprint density at radius 1 is 0.793 bits per heavy atom. The van der Waals surface area contributed by atoms with Gasteiger partial charge in [0, 0.05) is 42.5 Å². The summed E-state index contributed by atoms with van der Waals surface area (Å²) in [6.45, 7) is 4.04. The van der Waals surface area contributed by atoms with E-state index in [2.05, 4.69) is 13.0 Å². The van der Waals surface area contributed by atoms with Crippen LogP contribution >= 0.6 is 0 Å². The summed E-state index contributed by atoms with van der Waals surface area (Å²) < 4.78 is 34.0. The van der Waals surface area contributed by atoms with Gasteiger partial charge in [-0.05, 0) is 37.1 Å². The zero-order valence-corrected chi connectivity index (χ0v) is 17.9. The lowest BCUT2D eigenvalue weighted by molar-refractivity contribution is 0.144. The summed E-state index contributed by atoms with van der Waals surface area (Å²) in [6.07, 6.45) is 3.48. The van der Waals surface area contributed by atoms with Crippen molar-refractivity contribution in [3.05, 3.63) is 40.7 Å². The molecule has 1 aliphatic carbocycles. The van der Waals surface area contributed by atoms with Crippen LogP contribution in [0.5, 0.6) is 17.2 Å². The Kier molecular flexibility index (Phi) is 7.23. The molecule has 6 heteroatoms. The van der Waals surface area contributed by atoms with Crippen LogP contribution in [-0.2, 0) is 27.1 Å². The molecule has 0 heterocycles. The quantitative estimate of drug-likeness (QED) is 0.563. The number of fused-ring (bicyclic) bond motifs is 2. The summed E-state index contributed by atoms with van der Waals surface area (Å²) >= 11 is 0. The number of benzene rings is 2. The van der Waals surface area contributed by atoms with Crippen molar-refractivity contribution in [1.82, 2.24) is 0 Å². The van der Waals surface area contributed by atoms with Crippen LogP contribution in [0.4, 0.5) is 0 Å². The third kappa shape index (κ3) is 4.43. The maximum Gasteiger partial charge on any atom is 0.131 e. The van der Waals surface area contributed by atoms with E-state index in [-0.39, 0.29) is 0 Å². The first kappa shape index (κ1) is 21.3. The minimum Gasteiger partial charge on any atom is -0.501 e. The number of hydrogen-bond donors (Lipinski definition) is 0. The van der Waals surface area contributed by atoms with E-state index >= 15 is 0 Å². The predicted octanol–water partition coefficient (Wildman–Crippen LogP) is 3.84. The van der Waals surface area contributed by atoms with Gasteiger partial charge in [-0.2, -0.15) is 0 Å². The van der Waals surface area contributed by atoms with Crippen molar-refractivity contribution in [2.24, 2.45) is 0 Å². The van der Waals surface area contributed by atoms with Gasteiger partial charge in [-0.15, -0.1) is 0 Å². The van der Waals surface area contributed by atoms with Crippen LogP contribution in [0.1, 0.15) is 16.7 Å². The molecule has 0 aromatic heterocycles. The first-order valence-corrected chi connectivity index (χ1v) is 9.77. The average Bonchev–Trinajstić information content (AvgIpc) is 2.74. The number of methoxy groups -OCH3 is 4. The van der Waals surface area contributed by atoms with Gasteiger partial charge < -0.3 is 28.4 Å². The molecule has 6 nitrogen and oxygen atoms in total. The van der Waals surface area contributed by atoms with E-state index in [1.165, 1.54) is 0 Å². The molecule has 2 aromatic rings. The number of rotatable bonds is 10. The lowest BCUT2D eigenvalue weighted by Crippen LogP contribution is -2.14. The number of aryl methyl sites for hydroxylation is 1. The zero-order chi connectivity index (χ0) is 20.8. The topological polar surface area (TPSA) is 55.4 Å². The molecular weight excluding hydrogens is 372 g/mol. The normalized spacial score (nSPS) is 13.1. The molecule has 0 unspecified atom stereocenters. The molecule has 2 aromatic carbocycles. The molecule has 29 heavy (non-hydrogen) atoms. The molecule has 0 saturated heterocycles. The maximum atomic E-state index is 6.26. The van der Waals surface area contributed by atoms with Crippen LogP contribution in [0.15, 0.2) is 24.0 Å². The Labute approximate surface area is 172 Å². The minimum absolute atomic E-state index is 0.471. The number of ether oxygens (including phenoxy) is 6. The van der Waals surface area contributed by atoms with Gasteiger partial charge in [-0.25, -0.2) is 0 Å². The fourth-order valence-electron chi connectivity index (χ4n) is 3.74. The van der Waals surface area contributed by atoms with Gasteiger partial charge in [0.25, 0.3) is 0 Å². The first-order valence-electron chi connectivity index (χ1n) is 9.77. The highest BCUT2D eigenvalue weighted by molar-refractivity contribution is 5.99. The van der Waals surface area contributed by atoms with Crippen molar-refractivity contribution < 1.29 is 28.4 Å². The van der Waals surface area contributed by atoms with Gasteiger partial charge in [0.2, 0.25) is 0 Å². The molecule has 0 fully saturated rings. The van der Waals surface area contributed by atoms with Crippen molar-refractivity contribution in [1.29, 1.82) is 0 Å². The second-order valence-electron chi connectivity index (χ2n) is 6.92. The second-order valence-corrected chi connectivity index (χ2v) is 6.92. The highest BCUT2D eigenvalue weighted by Gasteiger charge is 2.26. The van der Waals surface area contributed by atoms with Crippen LogP contribution in [0, 0.1) is 6.92 Å². The van der Waals surface area contributed by atoms with Gasteiger partial charge in [0.1, 0.15) is 30.5 Å². The zero-order valence-electron chi connectivity index (χ0n) is 17.9. The second kappa shape index (κ2) is 9.85. The number of hydrogen-bond acceptors (Lipinski definition) is 6. The molecule has 0 atom stereocenters. The SMILES string of the molecule is COCCOc1c2c(c(OCCOC)c3c(C)cc(OC)cc13)CC(OC)=CC2. The summed E-state index contributed by atoms with van der Waals surface area (Å²) in [5, 5.41) is 2.02. The van der Waals surface area contributed by atoms with E-state index in [0.717, 1.165) is 50.5 Å². The van der Waals surface area contributed by atoms with Crippen molar-refractivity contribution in [3.8, 4) is 17.2 Å². The van der Waals surface area contributed by atoms with Crippen molar-refractivity contribution in [3.63, 3.8) is 0 Å². The third-order valence-electron chi connectivity index (χ3n) is 5.14. The highest BCUT2D eigenvalue weighted by Crippen LogP contribution is 2.46. The van der Waals surface area contributed by atoms with Crippen LogP contribution < -0.4 is 14.2 Å². The Morgan fingerprint density at radius 2 is 1.48 bits per heavy atom. The monoisotopic (exact) mass is 402 g/mol. The first-order chi connectivity index (χ1) is 14.1. The molecule has 1 aliphatic rings. The van der Waals surface area contributed by atoms with E-state index in [1.807, 2.05) is 12.1 Å². The van der Waals surface area contributed by atoms with Gasteiger partial charge in [-0.3, -0.25) is 0 Å². The number of allylic oxidation sites excluding steroid dienone is 2. The smallest absolute Gasteiger partial charge is 0.131 e. The summed E-state index contributed by atoms with van der Waals surface area (Å²) in [6, 6.07) is 4.04. The molecule has 3 rings (SSSR count). The molecule has 0 bridgehead atoms. The van der Waals surface area contributed by atoms with Crippen LogP contribution in [0.3, 0.4) is 0 Å². The molecule has 0 saturated carbocycles. The average molecular weight is 402 g/mol. The molecule has 0 aliphatic heterocycles. The van der Waals surface area contributed by atoms with Crippen molar-refractivity contribution in [2.45, 2.75) is 19.8 Å². The van der Waals surface area contributed by atoms with Gasteiger partial charge in [0.05, 0.1) is 33.2 Å². The molecule has 0 radical (unpaired) electrons. The summed E-state index contributed by atoms with van der Waals surface area (Å²) in [7, 11) is 6.72. The fraction of sp³-hybridized carbons (Fsp3) is 0.478. The van der Waals surface area contributed by atoms with Crippen molar-refractivity contribution >= 4 is 10.8 Å². The van der Waals surface area contributed by atoms with Crippen LogP contribution in [0.2, 0.25) is 0 Å². The summed E-state index contributed by atoms with van der Waals surface area (Å²) in [5.74, 6) is 3.45. The third-order valence-corrected chi connectivity index (χ3v) is 5.14. The Bertz CT molecular complexity index is 887. The van der Waals surface area contributed by atoms with E-state index in [0.29, 0.717) is 39.3 Å². The Balaban J connectivity index is 2.24. The van der Waals surface area contributed by atoms with Crippen molar-refractivity contribution in [2.75, 3.05) is 54.9 Å². The largest absolute Gasteiger partial charge is 0.501 e.